The molecule has 0 bridgehead atoms. The number of carbonyl (C=O) groups excluding carboxylic acids is 1. The average molecular weight is 309 g/mol. The van der Waals surface area contributed by atoms with Crippen molar-refractivity contribution < 1.29 is 9.18 Å². The van der Waals surface area contributed by atoms with E-state index in [0.29, 0.717) is 23.4 Å². The lowest BCUT2D eigenvalue weighted by molar-refractivity contribution is 0.0768. The molecule has 2 nitrogen and oxygen atoms in total. The number of benzene rings is 1. The molecule has 0 radical (unpaired) electrons. The molecule has 0 aromatic heterocycles. The van der Waals surface area contributed by atoms with E-state index < -0.39 is 5.82 Å². The smallest absolute Gasteiger partial charge is 0.258 e. The molecule has 0 atom stereocenters. The summed E-state index contributed by atoms with van der Waals surface area (Å²) in [6.45, 7) is 2.75. The van der Waals surface area contributed by atoms with Crippen LogP contribution in [0.25, 0.3) is 0 Å². The van der Waals surface area contributed by atoms with Gasteiger partial charge in [-0.2, -0.15) is 0 Å². The van der Waals surface area contributed by atoms with E-state index in [1.165, 1.54) is 11.0 Å². The van der Waals surface area contributed by atoms with Gasteiger partial charge < -0.3 is 4.90 Å². The van der Waals surface area contributed by atoms with Gasteiger partial charge in [0.05, 0.1) is 5.56 Å². The lowest BCUT2D eigenvalue weighted by Gasteiger charge is -2.20. The van der Waals surface area contributed by atoms with Crippen molar-refractivity contribution in [2.75, 3.05) is 19.0 Å². The Bertz CT molecular complexity index is 366. The van der Waals surface area contributed by atoms with Crippen LogP contribution in [0.15, 0.2) is 22.7 Å². The van der Waals surface area contributed by atoms with Crippen LogP contribution in [-0.4, -0.2) is 29.8 Å². The summed E-state index contributed by atoms with van der Waals surface area (Å²) in [6, 6.07) is 4.46. The molecule has 0 aliphatic heterocycles. The Labute approximate surface area is 108 Å². The Morgan fingerprint density at radius 1 is 1.56 bits per heavy atom. The van der Waals surface area contributed by atoms with Crippen LogP contribution in [-0.2, 0) is 0 Å². The number of rotatable bonds is 4. The third kappa shape index (κ3) is 2.95. The van der Waals surface area contributed by atoms with E-state index in [2.05, 4.69) is 15.9 Å². The van der Waals surface area contributed by atoms with Crippen LogP contribution in [0.2, 0.25) is 0 Å². The van der Waals surface area contributed by atoms with Crippen molar-refractivity contribution >= 4 is 33.4 Å². The van der Waals surface area contributed by atoms with Crippen LogP contribution in [0.5, 0.6) is 0 Å². The second kappa shape index (κ2) is 6.21. The highest BCUT2D eigenvalue weighted by molar-refractivity contribution is 9.10. The lowest BCUT2D eigenvalue weighted by atomic mass is 10.2. The summed E-state index contributed by atoms with van der Waals surface area (Å²) in [5, 5.41) is 0. The van der Waals surface area contributed by atoms with Gasteiger partial charge >= 0.3 is 0 Å². The number of nitrogens with zero attached hydrogens (tertiary/aromatic N) is 1. The topological polar surface area (TPSA) is 20.3 Å². The molecule has 1 aromatic carbocycles. The maximum atomic E-state index is 13.5. The van der Waals surface area contributed by atoms with E-state index in [1.54, 1.807) is 12.1 Å². The van der Waals surface area contributed by atoms with E-state index in [0.717, 1.165) is 0 Å². The minimum Gasteiger partial charge on any atom is -0.338 e. The Morgan fingerprint density at radius 3 is 2.75 bits per heavy atom. The predicted octanol–water partition coefficient (Wildman–Crippen LogP) is 3.29. The SMILES string of the molecule is CCN(CCCl)C(=O)c1c(F)cccc1Br. The van der Waals surface area contributed by atoms with Crippen molar-refractivity contribution in [3.8, 4) is 0 Å². The minimum atomic E-state index is -0.521. The zero-order valence-corrected chi connectivity index (χ0v) is 11.2. The standard InChI is InChI=1S/C11H12BrClFNO/c1-2-15(7-6-13)11(16)10-8(12)4-3-5-9(10)14/h3-5H,2,6-7H2,1H3. The molecule has 0 aliphatic rings. The Hall–Kier alpha value is -0.610. The van der Waals surface area contributed by atoms with Gasteiger partial charge in [-0.05, 0) is 35.0 Å². The zero-order valence-electron chi connectivity index (χ0n) is 8.84. The molecular weight excluding hydrogens is 296 g/mol. The summed E-state index contributed by atoms with van der Waals surface area (Å²) in [5.74, 6) is -0.522. The van der Waals surface area contributed by atoms with E-state index >= 15 is 0 Å². The third-order valence-electron chi connectivity index (χ3n) is 2.20. The fraction of sp³-hybridized carbons (Fsp3) is 0.364. The molecule has 1 amide bonds. The molecule has 5 heteroatoms. The molecule has 0 saturated carbocycles. The molecule has 0 N–H and O–H groups in total. The van der Waals surface area contributed by atoms with Gasteiger partial charge in [0.25, 0.3) is 5.91 Å². The fourth-order valence-corrected chi connectivity index (χ4v) is 2.08. The first-order valence-electron chi connectivity index (χ1n) is 4.91. The van der Waals surface area contributed by atoms with Crippen molar-refractivity contribution in [3.63, 3.8) is 0 Å². The van der Waals surface area contributed by atoms with Gasteiger partial charge in [-0.3, -0.25) is 4.79 Å². The van der Waals surface area contributed by atoms with Crippen molar-refractivity contribution in [2.24, 2.45) is 0 Å². The van der Waals surface area contributed by atoms with Crippen molar-refractivity contribution in [1.29, 1.82) is 0 Å². The van der Waals surface area contributed by atoms with Gasteiger partial charge in [0.1, 0.15) is 5.82 Å². The Morgan fingerprint density at radius 2 is 2.25 bits per heavy atom. The molecule has 0 heterocycles. The average Bonchev–Trinajstić information content (AvgIpc) is 2.25. The van der Waals surface area contributed by atoms with Gasteiger partial charge in [-0.1, -0.05) is 6.07 Å². The fourth-order valence-electron chi connectivity index (χ4n) is 1.37. The third-order valence-corrected chi connectivity index (χ3v) is 3.03. The van der Waals surface area contributed by atoms with Crippen LogP contribution in [0.4, 0.5) is 4.39 Å². The number of amides is 1. The first kappa shape index (κ1) is 13.5. The Kier molecular flexibility index (Phi) is 5.22. The van der Waals surface area contributed by atoms with Gasteiger partial charge in [0.15, 0.2) is 0 Å². The van der Waals surface area contributed by atoms with Crippen LogP contribution in [0.3, 0.4) is 0 Å². The second-order valence-electron chi connectivity index (χ2n) is 3.17. The molecule has 0 spiro atoms. The van der Waals surface area contributed by atoms with Crippen molar-refractivity contribution in [2.45, 2.75) is 6.92 Å². The minimum absolute atomic E-state index is 0.0643. The summed E-state index contributed by atoms with van der Waals surface area (Å²) in [4.78, 5) is 13.5. The highest BCUT2D eigenvalue weighted by Crippen LogP contribution is 2.21. The lowest BCUT2D eigenvalue weighted by Crippen LogP contribution is -2.33. The highest BCUT2D eigenvalue weighted by Gasteiger charge is 2.20. The molecule has 1 aromatic rings. The van der Waals surface area contributed by atoms with Crippen molar-refractivity contribution in [3.05, 3.63) is 34.1 Å². The van der Waals surface area contributed by atoms with Crippen LogP contribution >= 0.6 is 27.5 Å². The van der Waals surface area contributed by atoms with Crippen LogP contribution in [0, 0.1) is 5.82 Å². The van der Waals surface area contributed by atoms with Gasteiger partial charge in [-0.15, -0.1) is 11.6 Å². The van der Waals surface area contributed by atoms with E-state index in [-0.39, 0.29) is 11.5 Å². The molecule has 16 heavy (non-hydrogen) atoms. The molecule has 0 aliphatic carbocycles. The predicted molar refractivity (Wildman–Crippen MR) is 66.4 cm³/mol. The molecule has 0 unspecified atom stereocenters. The van der Waals surface area contributed by atoms with Crippen LogP contribution in [0.1, 0.15) is 17.3 Å². The molecule has 1 rings (SSSR count). The summed E-state index contributed by atoms with van der Waals surface area (Å²) >= 11 is 8.76. The normalized spacial score (nSPS) is 10.2. The zero-order chi connectivity index (χ0) is 12.1. The van der Waals surface area contributed by atoms with Crippen molar-refractivity contribution in [1.82, 2.24) is 4.90 Å². The maximum absolute atomic E-state index is 13.5. The number of hydrogen-bond acceptors (Lipinski definition) is 1. The number of carbonyl (C=O) groups is 1. The second-order valence-corrected chi connectivity index (χ2v) is 4.40. The number of halogens is 3. The van der Waals surface area contributed by atoms with E-state index in [4.69, 9.17) is 11.6 Å². The molecule has 88 valence electrons. The monoisotopic (exact) mass is 307 g/mol. The van der Waals surface area contributed by atoms with Gasteiger partial charge in [0, 0.05) is 23.4 Å². The summed E-state index contributed by atoms with van der Waals surface area (Å²) in [7, 11) is 0. The Balaban J connectivity index is 3.03. The first-order valence-corrected chi connectivity index (χ1v) is 6.23. The van der Waals surface area contributed by atoms with E-state index in [1.807, 2.05) is 6.92 Å². The van der Waals surface area contributed by atoms with Gasteiger partial charge in [-0.25, -0.2) is 4.39 Å². The molecular formula is C11H12BrClFNO. The van der Waals surface area contributed by atoms with Gasteiger partial charge in [0.2, 0.25) is 0 Å². The number of alkyl halides is 1. The summed E-state index contributed by atoms with van der Waals surface area (Å²) in [6.07, 6.45) is 0. The molecule has 0 fully saturated rings. The summed E-state index contributed by atoms with van der Waals surface area (Å²) in [5.41, 5.74) is 0.0643. The summed E-state index contributed by atoms with van der Waals surface area (Å²) < 4.78 is 14.0. The maximum Gasteiger partial charge on any atom is 0.258 e. The molecule has 0 saturated heterocycles. The quantitative estimate of drug-likeness (QED) is 0.782. The largest absolute Gasteiger partial charge is 0.338 e. The highest BCUT2D eigenvalue weighted by atomic mass is 79.9. The number of hydrogen-bond donors (Lipinski definition) is 0. The van der Waals surface area contributed by atoms with E-state index in [9.17, 15) is 9.18 Å². The van der Waals surface area contributed by atoms with Crippen LogP contribution < -0.4 is 0 Å². The first-order chi connectivity index (χ1) is 7.61.